The van der Waals surface area contributed by atoms with Gasteiger partial charge in [-0.1, -0.05) is 178 Å². The van der Waals surface area contributed by atoms with Crippen LogP contribution in [-0.2, 0) is 42.2 Å². The van der Waals surface area contributed by atoms with Crippen molar-refractivity contribution in [1.29, 1.82) is 0 Å². The number of ether oxygens (including phenoxy) is 3. The van der Waals surface area contributed by atoms with E-state index in [9.17, 15) is 28.9 Å². The lowest BCUT2D eigenvalue weighted by molar-refractivity contribution is -0.161. The maximum absolute atomic E-state index is 12.8. The molecule has 0 bridgehead atoms. The van der Waals surface area contributed by atoms with Crippen LogP contribution in [0.2, 0.25) is 0 Å². The highest BCUT2D eigenvalue weighted by atomic mass is 31.2. The van der Waals surface area contributed by atoms with Gasteiger partial charge in [0.2, 0.25) is 0 Å². The minimum atomic E-state index is -4.74. The molecule has 0 aromatic carbocycles. The molecular weight excluding hydrogens is 832 g/mol. The summed E-state index contributed by atoms with van der Waals surface area (Å²) >= 11 is 0. The number of aliphatic hydroxyl groups excluding tert-OH is 1. The standard InChI is InChI=1S/C52H91O11P/c1-4-7-10-13-16-19-21-23-24-26-28-31-34-37-40-43-52(56)63-49(45-59-50(54)41-38-35-32-30-27-25-22-20-17-14-11-8-5-2)47-61-64(57,58)60-46-48(44-53)62-51(55)42-39-36-33-29-18-15-12-9-6-3/h7,10-11,14,16,19-20,22-24,48-49,53H,4-6,8-9,12-13,15,17-18,21,25-47H2,1-3H3,(H,57,58)/b10-7-,14-11-,19-16-,22-20-,24-23-. The van der Waals surface area contributed by atoms with Crippen molar-refractivity contribution in [3.63, 3.8) is 0 Å². The van der Waals surface area contributed by atoms with Crippen molar-refractivity contribution >= 4 is 25.7 Å². The first-order valence-electron chi connectivity index (χ1n) is 25.2. The second kappa shape index (κ2) is 46.7. The number of carbonyl (C=O) groups is 3. The van der Waals surface area contributed by atoms with E-state index in [0.29, 0.717) is 19.3 Å². The number of rotatable bonds is 46. The van der Waals surface area contributed by atoms with Crippen LogP contribution in [0.15, 0.2) is 60.8 Å². The number of phosphoric ester groups is 1. The van der Waals surface area contributed by atoms with Gasteiger partial charge in [-0.3, -0.25) is 23.4 Å². The minimum absolute atomic E-state index is 0.145. The highest BCUT2D eigenvalue weighted by Crippen LogP contribution is 2.43. The molecule has 64 heavy (non-hydrogen) atoms. The van der Waals surface area contributed by atoms with E-state index >= 15 is 0 Å². The molecule has 0 aromatic rings. The summed E-state index contributed by atoms with van der Waals surface area (Å²) in [7, 11) is -4.74. The molecule has 0 saturated heterocycles. The van der Waals surface area contributed by atoms with Crippen LogP contribution in [-0.4, -0.2) is 66.5 Å². The van der Waals surface area contributed by atoms with Crippen LogP contribution >= 0.6 is 7.82 Å². The van der Waals surface area contributed by atoms with E-state index in [1.807, 2.05) is 0 Å². The number of carbonyl (C=O) groups excluding carboxylic acids is 3. The topological polar surface area (TPSA) is 155 Å². The maximum Gasteiger partial charge on any atom is 0.472 e. The number of unbranched alkanes of at least 4 members (excludes halogenated alkanes) is 19. The summed E-state index contributed by atoms with van der Waals surface area (Å²) in [5.74, 6) is -1.50. The maximum atomic E-state index is 12.8. The fraction of sp³-hybridized carbons (Fsp3) is 0.750. The van der Waals surface area contributed by atoms with E-state index in [2.05, 4.69) is 81.5 Å². The zero-order valence-electron chi connectivity index (χ0n) is 40.5. The summed E-state index contributed by atoms with van der Waals surface area (Å²) in [6.07, 6.45) is 47.7. The Morgan fingerprint density at radius 1 is 0.453 bits per heavy atom. The van der Waals surface area contributed by atoms with Crippen molar-refractivity contribution in [2.45, 2.75) is 226 Å². The van der Waals surface area contributed by atoms with Crippen molar-refractivity contribution in [3.05, 3.63) is 60.8 Å². The molecular formula is C52H91O11P. The fourth-order valence-corrected chi connectivity index (χ4v) is 7.37. The molecule has 370 valence electrons. The van der Waals surface area contributed by atoms with Gasteiger partial charge in [0.1, 0.15) is 12.7 Å². The van der Waals surface area contributed by atoms with Crippen molar-refractivity contribution in [3.8, 4) is 0 Å². The molecule has 0 rings (SSSR count). The van der Waals surface area contributed by atoms with Crippen LogP contribution in [0.5, 0.6) is 0 Å². The number of phosphoric acid groups is 1. The molecule has 0 amide bonds. The largest absolute Gasteiger partial charge is 0.472 e. The van der Waals surface area contributed by atoms with Gasteiger partial charge in [0, 0.05) is 19.3 Å². The second-order valence-electron chi connectivity index (χ2n) is 16.6. The zero-order valence-corrected chi connectivity index (χ0v) is 41.4. The van der Waals surface area contributed by atoms with Crippen LogP contribution in [0.4, 0.5) is 0 Å². The number of allylic oxidation sites excluding steroid dienone is 10. The predicted molar refractivity (Wildman–Crippen MR) is 261 cm³/mol. The second-order valence-corrected chi connectivity index (χ2v) is 18.1. The monoisotopic (exact) mass is 923 g/mol. The third-order valence-corrected chi connectivity index (χ3v) is 11.4. The van der Waals surface area contributed by atoms with Gasteiger partial charge in [0.05, 0.1) is 19.8 Å². The van der Waals surface area contributed by atoms with Crippen LogP contribution in [0.3, 0.4) is 0 Å². The van der Waals surface area contributed by atoms with Gasteiger partial charge in [-0.15, -0.1) is 0 Å². The first-order valence-corrected chi connectivity index (χ1v) is 26.7. The van der Waals surface area contributed by atoms with Crippen molar-refractivity contribution < 1.29 is 52.2 Å². The molecule has 0 heterocycles. The number of hydrogen-bond acceptors (Lipinski definition) is 10. The van der Waals surface area contributed by atoms with Gasteiger partial charge < -0.3 is 24.2 Å². The van der Waals surface area contributed by atoms with Crippen molar-refractivity contribution in [2.75, 3.05) is 26.4 Å². The Hall–Kier alpha value is -2.82. The number of hydrogen-bond donors (Lipinski definition) is 2. The SMILES string of the molecule is CC/C=C\C/C=C\C/C=C\CCCCCCCC(=O)OC(COC(=O)CCCCCCC/C=C\C/C=C\CCC)COP(=O)(O)OCC(CO)OC(=O)CCCCCCCCCCC. The lowest BCUT2D eigenvalue weighted by atomic mass is 10.1. The van der Waals surface area contributed by atoms with Gasteiger partial charge in [0.15, 0.2) is 6.10 Å². The minimum Gasteiger partial charge on any atom is -0.462 e. The van der Waals surface area contributed by atoms with E-state index in [4.69, 9.17) is 23.3 Å². The molecule has 0 spiro atoms. The number of aliphatic hydroxyl groups is 1. The lowest BCUT2D eigenvalue weighted by Gasteiger charge is -2.21. The highest BCUT2D eigenvalue weighted by Gasteiger charge is 2.28. The fourth-order valence-electron chi connectivity index (χ4n) is 6.58. The molecule has 12 heteroatoms. The lowest BCUT2D eigenvalue weighted by Crippen LogP contribution is -2.30. The first kappa shape index (κ1) is 61.2. The molecule has 0 fully saturated rings. The van der Waals surface area contributed by atoms with E-state index in [1.165, 1.54) is 38.5 Å². The molecule has 11 nitrogen and oxygen atoms in total. The predicted octanol–water partition coefficient (Wildman–Crippen LogP) is 14.0. The Bertz CT molecular complexity index is 1310. The molecule has 2 N–H and O–H groups in total. The molecule has 3 unspecified atom stereocenters. The molecule has 3 atom stereocenters. The average molecular weight is 923 g/mol. The van der Waals surface area contributed by atoms with E-state index in [1.54, 1.807) is 0 Å². The summed E-state index contributed by atoms with van der Waals surface area (Å²) < 4.78 is 39.2. The van der Waals surface area contributed by atoms with E-state index in [0.717, 1.165) is 116 Å². The Morgan fingerprint density at radius 2 is 0.844 bits per heavy atom. The molecule has 0 aliphatic heterocycles. The van der Waals surface area contributed by atoms with Crippen molar-refractivity contribution in [1.82, 2.24) is 0 Å². The third-order valence-electron chi connectivity index (χ3n) is 10.4. The summed E-state index contributed by atoms with van der Waals surface area (Å²) in [4.78, 5) is 48.2. The summed E-state index contributed by atoms with van der Waals surface area (Å²) in [5.41, 5.74) is 0. The molecule has 0 aliphatic rings. The quantitative estimate of drug-likeness (QED) is 0.0197. The van der Waals surface area contributed by atoms with Gasteiger partial charge in [-0.2, -0.15) is 0 Å². The molecule has 0 saturated carbocycles. The van der Waals surface area contributed by atoms with Crippen molar-refractivity contribution in [2.24, 2.45) is 0 Å². The van der Waals surface area contributed by atoms with E-state index in [-0.39, 0.29) is 25.9 Å². The Morgan fingerprint density at radius 3 is 1.31 bits per heavy atom. The molecule has 0 aromatic heterocycles. The normalized spacial score (nSPS) is 14.0. The Kier molecular flexibility index (Phi) is 44.6. The first-order chi connectivity index (χ1) is 31.2. The summed E-state index contributed by atoms with van der Waals surface area (Å²) in [6.45, 7) is 4.39. The summed E-state index contributed by atoms with van der Waals surface area (Å²) in [6, 6.07) is 0. The third kappa shape index (κ3) is 44.4. The van der Waals surface area contributed by atoms with Crippen LogP contribution in [0.1, 0.15) is 213 Å². The van der Waals surface area contributed by atoms with Gasteiger partial charge in [0.25, 0.3) is 0 Å². The van der Waals surface area contributed by atoms with Crippen LogP contribution < -0.4 is 0 Å². The summed E-state index contributed by atoms with van der Waals surface area (Å²) in [5, 5.41) is 9.73. The van der Waals surface area contributed by atoms with Gasteiger partial charge in [-0.05, 0) is 77.0 Å². The van der Waals surface area contributed by atoms with Gasteiger partial charge >= 0.3 is 25.7 Å². The number of esters is 3. The highest BCUT2D eigenvalue weighted by molar-refractivity contribution is 7.47. The Balaban J connectivity index is 4.80. The Labute approximate surface area is 389 Å². The molecule has 0 radical (unpaired) electrons. The van der Waals surface area contributed by atoms with E-state index < -0.39 is 57.8 Å². The average Bonchev–Trinajstić information content (AvgIpc) is 3.28. The smallest absolute Gasteiger partial charge is 0.462 e. The van der Waals surface area contributed by atoms with Gasteiger partial charge in [-0.25, -0.2) is 4.57 Å². The molecule has 0 aliphatic carbocycles. The zero-order chi connectivity index (χ0) is 47.0. The van der Waals surface area contributed by atoms with Crippen LogP contribution in [0.25, 0.3) is 0 Å². The van der Waals surface area contributed by atoms with Crippen LogP contribution in [0, 0.1) is 0 Å².